The minimum atomic E-state index is -0.385. The zero-order valence-electron chi connectivity index (χ0n) is 18.1. The van der Waals surface area contributed by atoms with E-state index >= 15 is 0 Å². The summed E-state index contributed by atoms with van der Waals surface area (Å²) >= 11 is 0. The van der Waals surface area contributed by atoms with Crippen molar-refractivity contribution in [2.75, 3.05) is 19.0 Å². The van der Waals surface area contributed by atoms with Crippen molar-refractivity contribution in [3.05, 3.63) is 60.7 Å². The third-order valence-corrected chi connectivity index (χ3v) is 7.49. The summed E-state index contributed by atoms with van der Waals surface area (Å²) < 4.78 is 10.9. The molecule has 2 saturated carbocycles. The molecule has 3 amide bonds. The van der Waals surface area contributed by atoms with Crippen LogP contribution < -0.4 is 14.8 Å². The van der Waals surface area contributed by atoms with Crippen molar-refractivity contribution in [1.82, 2.24) is 4.90 Å². The zero-order chi connectivity index (χ0) is 22.7. The molecule has 6 atom stereocenters. The Kier molecular flexibility index (Phi) is 4.54. The standard InChI is InChI=1S/C26H24N2O5/c1-32-15-6-8-17(9-7-15)33-16-4-2-14(3-5-16)27-22(29)13-28-25(30)23-18-10-11-19(21-12-20(18)21)24(23)26(28)31/h2-11,18-21,23-24H,12-13H2,1H3,(H,27,29)/t18-,19-,20-,21+,23+,24-/m1/s1. The normalized spacial score (nSPS) is 30.6. The fraction of sp³-hybridized carbons (Fsp3) is 0.346. The van der Waals surface area contributed by atoms with E-state index in [2.05, 4.69) is 17.5 Å². The number of ether oxygens (including phenoxy) is 2. The topological polar surface area (TPSA) is 84.9 Å². The molecule has 7 heteroatoms. The van der Waals surface area contributed by atoms with E-state index in [1.807, 2.05) is 12.1 Å². The minimum absolute atomic E-state index is 0.160. The van der Waals surface area contributed by atoms with E-state index < -0.39 is 0 Å². The Balaban J connectivity index is 1.08. The fourth-order valence-corrected chi connectivity index (χ4v) is 5.90. The Morgan fingerprint density at radius 1 is 0.879 bits per heavy atom. The average molecular weight is 444 g/mol. The van der Waals surface area contributed by atoms with Crippen LogP contribution in [0.1, 0.15) is 6.42 Å². The van der Waals surface area contributed by atoms with Gasteiger partial charge in [-0.1, -0.05) is 12.2 Å². The zero-order valence-corrected chi connectivity index (χ0v) is 18.1. The Morgan fingerprint density at radius 3 is 1.94 bits per heavy atom. The van der Waals surface area contributed by atoms with Crippen LogP contribution in [0.25, 0.3) is 0 Å². The van der Waals surface area contributed by atoms with Crippen molar-refractivity contribution < 1.29 is 23.9 Å². The second kappa shape index (κ2) is 7.47. The Morgan fingerprint density at radius 2 is 1.39 bits per heavy atom. The van der Waals surface area contributed by atoms with Gasteiger partial charge in [-0.25, -0.2) is 0 Å². The first-order valence-electron chi connectivity index (χ1n) is 11.3. The van der Waals surface area contributed by atoms with Crippen molar-refractivity contribution >= 4 is 23.4 Å². The number of anilines is 1. The number of hydrogen-bond donors (Lipinski definition) is 1. The molecule has 0 aromatic heterocycles. The van der Waals surface area contributed by atoms with Crippen molar-refractivity contribution in [2.24, 2.45) is 35.5 Å². The highest BCUT2D eigenvalue weighted by Crippen LogP contribution is 2.65. The summed E-state index contributed by atoms with van der Waals surface area (Å²) in [6.07, 6.45) is 5.38. The van der Waals surface area contributed by atoms with Crippen molar-refractivity contribution in [3.8, 4) is 17.2 Å². The van der Waals surface area contributed by atoms with E-state index in [0.717, 1.165) is 12.2 Å². The summed E-state index contributed by atoms with van der Waals surface area (Å²) in [4.78, 5) is 39.8. The lowest BCUT2D eigenvalue weighted by atomic mass is 9.63. The second-order valence-corrected chi connectivity index (χ2v) is 9.27. The molecule has 33 heavy (non-hydrogen) atoms. The molecule has 1 saturated heterocycles. The molecule has 1 heterocycles. The van der Waals surface area contributed by atoms with Crippen LogP contribution in [0.5, 0.6) is 17.2 Å². The lowest BCUT2D eigenvalue weighted by Crippen LogP contribution is -2.40. The van der Waals surface area contributed by atoms with Gasteiger partial charge in [0.2, 0.25) is 17.7 Å². The first kappa shape index (κ1) is 20.0. The van der Waals surface area contributed by atoms with Crippen LogP contribution in [-0.2, 0) is 14.4 Å². The van der Waals surface area contributed by atoms with Gasteiger partial charge in [0, 0.05) is 5.69 Å². The SMILES string of the molecule is COc1ccc(Oc2ccc(NC(=O)CN3C(=O)[C@@H]4[C@@H]5C=C[C@H]([C@H]6C[C@@H]56)[C@@H]4C3=O)cc2)cc1. The number of likely N-dealkylation sites (tertiary alicyclic amines) is 1. The third-order valence-electron chi connectivity index (χ3n) is 7.49. The van der Waals surface area contributed by atoms with Crippen LogP contribution in [-0.4, -0.2) is 36.3 Å². The van der Waals surface area contributed by atoms with Gasteiger partial charge in [0.05, 0.1) is 18.9 Å². The maximum absolute atomic E-state index is 13.0. The molecule has 1 aliphatic heterocycles. The van der Waals surface area contributed by atoms with Gasteiger partial charge in [0.1, 0.15) is 23.8 Å². The highest BCUT2D eigenvalue weighted by Gasteiger charge is 2.67. The molecular formula is C26H24N2O5. The molecular weight excluding hydrogens is 420 g/mol. The number of benzene rings is 2. The monoisotopic (exact) mass is 444 g/mol. The quantitative estimate of drug-likeness (QED) is 0.545. The molecule has 0 spiro atoms. The van der Waals surface area contributed by atoms with E-state index in [-0.39, 0.29) is 47.9 Å². The number of carbonyl (C=O) groups is 3. The van der Waals surface area contributed by atoms with Crippen LogP contribution in [0.3, 0.4) is 0 Å². The Hall–Kier alpha value is -3.61. The number of allylic oxidation sites excluding steroid dienone is 2. The van der Waals surface area contributed by atoms with E-state index in [0.29, 0.717) is 29.0 Å². The van der Waals surface area contributed by atoms with Crippen molar-refractivity contribution in [2.45, 2.75) is 6.42 Å². The van der Waals surface area contributed by atoms with Gasteiger partial charge in [-0.15, -0.1) is 0 Å². The van der Waals surface area contributed by atoms with Gasteiger partial charge >= 0.3 is 0 Å². The summed E-state index contributed by atoms with van der Waals surface area (Å²) in [7, 11) is 1.61. The molecule has 2 aromatic carbocycles. The Labute approximate surface area is 191 Å². The minimum Gasteiger partial charge on any atom is -0.497 e. The van der Waals surface area contributed by atoms with Crippen LogP contribution in [0.4, 0.5) is 5.69 Å². The fourth-order valence-electron chi connectivity index (χ4n) is 5.90. The molecule has 2 aromatic rings. The van der Waals surface area contributed by atoms with Crippen LogP contribution in [0.2, 0.25) is 0 Å². The van der Waals surface area contributed by atoms with Gasteiger partial charge in [0.25, 0.3) is 0 Å². The number of methoxy groups -OCH3 is 1. The van der Waals surface area contributed by atoms with Gasteiger partial charge in [-0.05, 0) is 78.6 Å². The number of nitrogens with one attached hydrogen (secondary N) is 1. The first-order chi connectivity index (χ1) is 16.0. The highest BCUT2D eigenvalue weighted by molar-refractivity contribution is 6.09. The molecule has 5 aliphatic rings. The maximum Gasteiger partial charge on any atom is 0.244 e. The molecule has 0 radical (unpaired) electrons. The number of rotatable bonds is 6. The summed E-state index contributed by atoms with van der Waals surface area (Å²) in [5, 5.41) is 2.78. The molecule has 2 bridgehead atoms. The number of nitrogens with zero attached hydrogens (tertiary/aromatic N) is 1. The maximum atomic E-state index is 13.0. The predicted octanol–water partition coefficient (Wildman–Crippen LogP) is 3.48. The smallest absolute Gasteiger partial charge is 0.244 e. The van der Waals surface area contributed by atoms with Crippen molar-refractivity contribution in [1.29, 1.82) is 0 Å². The lowest BCUT2D eigenvalue weighted by molar-refractivity contribution is -0.142. The third kappa shape index (κ3) is 3.30. The molecule has 7 rings (SSSR count). The van der Waals surface area contributed by atoms with E-state index in [4.69, 9.17) is 9.47 Å². The number of amides is 3. The molecule has 168 valence electrons. The first-order valence-corrected chi connectivity index (χ1v) is 11.3. The largest absolute Gasteiger partial charge is 0.497 e. The van der Waals surface area contributed by atoms with Gasteiger partial charge in [-0.2, -0.15) is 0 Å². The molecule has 4 aliphatic carbocycles. The van der Waals surface area contributed by atoms with E-state index in [9.17, 15) is 14.4 Å². The van der Waals surface area contributed by atoms with Gasteiger partial charge in [-0.3, -0.25) is 19.3 Å². The summed E-state index contributed by atoms with van der Waals surface area (Å²) in [5.74, 6) is 2.13. The predicted molar refractivity (Wildman–Crippen MR) is 120 cm³/mol. The number of hydrogen-bond acceptors (Lipinski definition) is 5. The van der Waals surface area contributed by atoms with E-state index in [1.54, 1.807) is 43.5 Å². The Bertz CT molecular complexity index is 1120. The summed E-state index contributed by atoms with van der Waals surface area (Å²) in [6, 6.07) is 14.2. The summed E-state index contributed by atoms with van der Waals surface area (Å²) in [6.45, 7) is -0.246. The molecule has 1 N–H and O–H groups in total. The van der Waals surface area contributed by atoms with Crippen LogP contribution in [0, 0.1) is 35.5 Å². The van der Waals surface area contributed by atoms with Crippen LogP contribution >= 0.6 is 0 Å². The summed E-state index contributed by atoms with van der Waals surface area (Å²) in [5.41, 5.74) is 0.571. The van der Waals surface area contributed by atoms with E-state index in [1.165, 1.54) is 4.90 Å². The van der Waals surface area contributed by atoms with Crippen molar-refractivity contribution in [3.63, 3.8) is 0 Å². The van der Waals surface area contributed by atoms with Crippen LogP contribution in [0.15, 0.2) is 60.7 Å². The number of imide groups is 1. The van der Waals surface area contributed by atoms with Gasteiger partial charge < -0.3 is 14.8 Å². The lowest BCUT2D eigenvalue weighted by Gasteiger charge is -2.37. The number of carbonyl (C=O) groups excluding carboxylic acids is 3. The second-order valence-electron chi connectivity index (χ2n) is 9.27. The highest BCUT2D eigenvalue weighted by atomic mass is 16.5. The molecule has 7 nitrogen and oxygen atoms in total. The molecule has 0 unspecified atom stereocenters. The van der Waals surface area contributed by atoms with Gasteiger partial charge in [0.15, 0.2) is 0 Å². The average Bonchev–Trinajstić information content (AvgIpc) is 3.62. The molecule has 3 fully saturated rings.